The van der Waals surface area contributed by atoms with E-state index in [1.807, 2.05) is 25.1 Å². The van der Waals surface area contributed by atoms with Crippen LogP contribution in [0.15, 0.2) is 36.5 Å². The minimum absolute atomic E-state index is 0.0323. The van der Waals surface area contributed by atoms with Crippen LogP contribution in [0.1, 0.15) is 36.5 Å². The lowest BCUT2D eigenvalue weighted by atomic mass is 10.1. The van der Waals surface area contributed by atoms with E-state index in [0.29, 0.717) is 17.2 Å². The van der Waals surface area contributed by atoms with Crippen LogP contribution in [0.2, 0.25) is 0 Å². The molecular weight excluding hydrogens is 262 g/mol. The lowest BCUT2D eigenvalue weighted by molar-refractivity contribution is 0.461. The third kappa shape index (κ3) is 3.81. The van der Waals surface area contributed by atoms with E-state index in [4.69, 9.17) is 15.9 Å². The number of hydrogen-bond acceptors (Lipinski definition) is 3. The maximum atomic E-state index is 7.65. The zero-order valence-corrected chi connectivity index (χ0v) is 12.5. The Morgan fingerprint density at radius 3 is 2.57 bits per heavy atom. The monoisotopic (exact) mass is 283 g/mol. The molecule has 0 bridgehead atoms. The number of aryl methyl sites for hydroxylation is 2. The molecule has 1 aromatic carbocycles. The molecule has 0 spiro atoms. The van der Waals surface area contributed by atoms with Crippen molar-refractivity contribution in [3.63, 3.8) is 0 Å². The fourth-order valence-electron chi connectivity index (χ4n) is 2.16. The van der Waals surface area contributed by atoms with E-state index in [1.165, 1.54) is 18.4 Å². The molecule has 110 valence electrons. The topological polar surface area (TPSA) is 72.0 Å². The summed E-state index contributed by atoms with van der Waals surface area (Å²) < 4.78 is 5.78. The van der Waals surface area contributed by atoms with E-state index < -0.39 is 0 Å². The van der Waals surface area contributed by atoms with Gasteiger partial charge in [-0.3, -0.25) is 5.41 Å². The number of ether oxygens (including phenoxy) is 1. The molecule has 0 aliphatic carbocycles. The highest BCUT2D eigenvalue weighted by Crippen LogP contribution is 2.25. The van der Waals surface area contributed by atoms with Crippen molar-refractivity contribution in [2.45, 2.75) is 33.1 Å². The quantitative estimate of drug-likeness (QED) is 0.625. The van der Waals surface area contributed by atoms with E-state index in [-0.39, 0.29) is 5.84 Å². The van der Waals surface area contributed by atoms with Crippen LogP contribution in [-0.2, 0) is 6.42 Å². The first-order valence-electron chi connectivity index (χ1n) is 7.18. The summed E-state index contributed by atoms with van der Waals surface area (Å²) in [5.41, 5.74) is 8.34. The Morgan fingerprint density at radius 1 is 1.24 bits per heavy atom. The summed E-state index contributed by atoms with van der Waals surface area (Å²) >= 11 is 0. The van der Waals surface area contributed by atoms with Gasteiger partial charge in [-0.2, -0.15) is 0 Å². The predicted molar refractivity (Wildman–Crippen MR) is 85.1 cm³/mol. The fraction of sp³-hybridized carbons (Fsp3) is 0.294. The van der Waals surface area contributed by atoms with Gasteiger partial charge in [0.15, 0.2) is 0 Å². The molecule has 0 aliphatic heterocycles. The Labute approximate surface area is 125 Å². The third-order valence-corrected chi connectivity index (χ3v) is 3.35. The lowest BCUT2D eigenvalue weighted by Gasteiger charge is -2.11. The molecule has 0 aliphatic rings. The maximum Gasteiger partial charge on any atom is 0.230 e. The zero-order valence-electron chi connectivity index (χ0n) is 12.5. The van der Waals surface area contributed by atoms with Gasteiger partial charge in [0, 0.05) is 6.20 Å². The molecule has 2 rings (SSSR count). The average Bonchev–Trinajstić information content (AvgIpc) is 2.46. The highest BCUT2D eigenvalue weighted by atomic mass is 16.5. The van der Waals surface area contributed by atoms with Crippen molar-refractivity contribution in [3.8, 4) is 11.6 Å². The van der Waals surface area contributed by atoms with E-state index >= 15 is 0 Å². The van der Waals surface area contributed by atoms with Crippen molar-refractivity contribution in [1.82, 2.24) is 4.98 Å². The number of nitrogens with zero attached hydrogens (tertiary/aromatic N) is 1. The first kappa shape index (κ1) is 15.0. The van der Waals surface area contributed by atoms with Crippen LogP contribution < -0.4 is 10.5 Å². The second-order valence-corrected chi connectivity index (χ2v) is 5.07. The molecule has 0 unspecified atom stereocenters. The zero-order chi connectivity index (χ0) is 15.2. The summed E-state index contributed by atoms with van der Waals surface area (Å²) in [4.78, 5) is 4.19. The molecule has 0 fully saturated rings. The number of aromatic nitrogens is 1. The van der Waals surface area contributed by atoms with E-state index in [9.17, 15) is 0 Å². The van der Waals surface area contributed by atoms with Crippen LogP contribution in [0, 0.1) is 12.3 Å². The first-order chi connectivity index (χ1) is 10.1. The number of nitrogen functional groups attached to an aromatic ring is 1. The molecule has 0 atom stereocenters. The number of rotatable bonds is 6. The van der Waals surface area contributed by atoms with Crippen LogP contribution >= 0.6 is 0 Å². The van der Waals surface area contributed by atoms with Crippen molar-refractivity contribution >= 4 is 5.84 Å². The van der Waals surface area contributed by atoms with Crippen molar-refractivity contribution in [1.29, 1.82) is 5.41 Å². The van der Waals surface area contributed by atoms with Gasteiger partial charge >= 0.3 is 0 Å². The minimum atomic E-state index is -0.0323. The Morgan fingerprint density at radius 2 is 1.95 bits per heavy atom. The standard InChI is InChI=1S/C17H21N3O/c1-3-4-5-13-6-8-14(9-7-13)21-17-15(16(18)19)12(2)10-11-20-17/h6-11H,3-5H2,1-2H3,(H3,18,19). The predicted octanol–water partition coefficient (Wildman–Crippen LogP) is 3.81. The van der Waals surface area contributed by atoms with Gasteiger partial charge in [0.2, 0.25) is 5.88 Å². The molecule has 0 radical (unpaired) electrons. The van der Waals surface area contributed by atoms with Gasteiger partial charge in [0.25, 0.3) is 0 Å². The third-order valence-electron chi connectivity index (χ3n) is 3.35. The van der Waals surface area contributed by atoms with Crippen LogP contribution in [0.5, 0.6) is 11.6 Å². The number of hydrogen-bond donors (Lipinski definition) is 2. The van der Waals surface area contributed by atoms with Crippen molar-refractivity contribution < 1.29 is 4.74 Å². The second-order valence-electron chi connectivity index (χ2n) is 5.07. The fourth-order valence-corrected chi connectivity index (χ4v) is 2.16. The summed E-state index contributed by atoms with van der Waals surface area (Å²) in [5, 5.41) is 7.65. The van der Waals surface area contributed by atoms with Crippen molar-refractivity contribution in [2.75, 3.05) is 0 Å². The summed E-state index contributed by atoms with van der Waals surface area (Å²) in [6.07, 6.45) is 5.12. The molecule has 1 heterocycles. The number of nitrogens with two attached hydrogens (primary N) is 1. The molecule has 4 heteroatoms. The first-order valence-corrected chi connectivity index (χ1v) is 7.18. The summed E-state index contributed by atoms with van der Waals surface area (Å²) in [6, 6.07) is 9.80. The smallest absolute Gasteiger partial charge is 0.230 e. The van der Waals surface area contributed by atoms with Gasteiger partial charge < -0.3 is 10.5 Å². The summed E-state index contributed by atoms with van der Waals surface area (Å²) in [6.45, 7) is 4.07. The number of pyridine rings is 1. The highest BCUT2D eigenvalue weighted by molar-refractivity contribution is 5.98. The normalized spacial score (nSPS) is 10.4. The Kier molecular flexibility index (Phi) is 4.93. The second kappa shape index (κ2) is 6.88. The Bertz CT molecular complexity index is 620. The molecule has 4 nitrogen and oxygen atoms in total. The maximum absolute atomic E-state index is 7.65. The van der Waals surface area contributed by atoms with Crippen LogP contribution in [-0.4, -0.2) is 10.8 Å². The SMILES string of the molecule is CCCCc1ccc(Oc2nccc(C)c2C(=N)N)cc1. The number of nitrogens with one attached hydrogen (secondary N) is 1. The van der Waals surface area contributed by atoms with Crippen molar-refractivity contribution in [2.24, 2.45) is 5.73 Å². The van der Waals surface area contributed by atoms with Crippen LogP contribution in [0.3, 0.4) is 0 Å². The lowest BCUT2D eigenvalue weighted by Crippen LogP contribution is -2.14. The summed E-state index contributed by atoms with van der Waals surface area (Å²) in [5.74, 6) is 1.05. The van der Waals surface area contributed by atoms with Gasteiger partial charge in [0.1, 0.15) is 11.6 Å². The Hall–Kier alpha value is -2.36. The Balaban J connectivity index is 2.19. The van der Waals surface area contributed by atoms with Gasteiger partial charge in [-0.25, -0.2) is 4.98 Å². The van der Waals surface area contributed by atoms with Gasteiger partial charge in [-0.05, 0) is 49.1 Å². The van der Waals surface area contributed by atoms with Crippen LogP contribution in [0.4, 0.5) is 0 Å². The average molecular weight is 283 g/mol. The molecule has 1 aromatic heterocycles. The number of amidine groups is 1. The van der Waals surface area contributed by atoms with Gasteiger partial charge in [-0.15, -0.1) is 0 Å². The van der Waals surface area contributed by atoms with E-state index in [2.05, 4.69) is 24.0 Å². The minimum Gasteiger partial charge on any atom is -0.438 e. The summed E-state index contributed by atoms with van der Waals surface area (Å²) in [7, 11) is 0. The molecule has 0 amide bonds. The van der Waals surface area contributed by atoms with Gasteiger partial charge in [-0.1, -0.05) is 25.5 Å². The molecule has 0 saturated heterocycles. The number of benzene rings is 1. The molecule has 0 saturated carbocycles. The largest absolute Gasteiger partial charge is 0.438 e. The molecule has 2 aromatic rings. The number of unbranched alkanes of at least 4 members (excludes halogenated alkanes) is 1. The molecule has 21 heavy (non-hydrogen) atoms. The van der Waals surface area contributed by atoms with E-state index in [0.717, 1.165) is 12.0 Å². The highest BCUT2D eigenvalue weighted by Gasteiger charge is 2.12. The van der Waals surface area contributed by atoms with Gasteiger partial charge in [0.05, 0.1) is 5.56 Å². The molecule has 3 N–H and O–H groups in total. The van der Waals surface area contributed by atoms with Crippen LogP contribution in [0.25, 0.3) is 0 Å². The van der Waals surface area contributed by atoms with Crippen molar-refractivity contribution in [3.05, 3.63) is 53.2 Å². The molecular formula is C17H21N3O. The van der Waals surface area contributed by atoms with E-state index in [1.54, 1.807) is 6.20 Å².